The molecule has 0 aromatic carbocycles. The first-order valence-electron chi connectivity index (χ1n) is 26.7. The summed E-state index contributed by atoms with van der Waals surface area (Å²) in [5.41, 5.74) is 0. The van der Waals surface area contributed by atoms with Gasteiger partial charge in [0.25, 0.3) is 0 Å². The van der Waals surface area contributed by atoms with E-state index in [0.717, 1.165) is 89.9 Å². The molecule has 0 bridgehead atoms. The summed E-state index contributed by atoms with van der Waals surface area (Å²) in [5, 5.41) is 0. The van der Waals surface area contributed by atoms with Gasteiger partial charge in [0, 0.05) is 19.3 Å². The van der Waals surface area contributed by atoms with E-state index in [-0.39, 0.29) is 31.1 Å². The van der Waals surface area contributed by atoms with Crippen molar-refractivity contribution in [2.24, 2.45) is 0 Å². The van der Waals surface area contributed by atoms with E-state index in [1.165, 1.54) is 141 Å². The minimum absolute atomic E-state index is 0.0835. The maximum Gasteiger partial charge on any atom is 0.306 e. The molecule has 1 atom stereocenters. The fraction of sp³-hybridized carbons (Fsp3) is 0.804. The van der Waals surface area contributed by atoms with Gasteiger partial charge in [0.2, 0.25) is 0 Å². The molecule has 0 heterocycles. The average Bonchev–Trinajstić information content (AvgIpc) is 3.27. The van der Waals surface area contributed by atoms with Crippen LogP contribution in [-0.4, -0.2) is 37.2 Å². The molecule has 0 saturated carbocycles. The maximum atomic E-state index is 12.8. The van der Waals surface area contributed by atoms with Crippen molar-refractivity contribution in [2.45, 2.75) is 277 Å². The third-order valence-corrected chi connectivity index (χ3v) is 11.6. The lowest BCUT2D eigenvalue weighted by molar-refractivity contribution is -0.167. The van der Waals surface area contributed by atoms with Gasteiger partial charge >= 0.3 is 17.9 Å². The summed E-state index contributed by atoms with van der Waals surface area (Å²) < 4.78 is 16.8. The van der Waals surface area contributed by atoms with Crippen LogP contribution in [0.15, 0.2) is 48.6 Å². The topological polar surface area (TPSA) is 78.9 Å². The number of carbonyl (C=O) groups is 3. The van der Waals surface area contributed by atoms with E-state index in [9.17, 15) is 14.4 Å². The Hall–Kier alpha value is -2.63. The number of allylic oxidation sites excluding steroid dienone is 8. The van der Waals surface area contributed by atoms with Crippen LogP contribution in [-0.2, 0) is 28.6 Å². The predicted octanol–water partition coefficient (Wildman–Crippen LogP) is 17.5. The van der Waals surface area contributed by atoms with Crippen LogP contribution in [0, 0.1) is 0 Å². The molecule has 0 radical (unpaired) electrons. The molecule has 0 aromatic rings. The first kappa shape index (κ1) is 59.4. The van der Waals surface area contributed by atoms with E-state index in [2.05, 4.69) is 69.4 Å². The molecule has 6 heteroatoms. The van der Waals surface area contributed by atoms with Crippen LogP contribution in [0.4, 0.5) is 0 Å². The van der Waals surface area contributed by atoms with Gasteiger partial charge in [-0.1, -0.05) is 230 Å². The molecule has 0 spiro atoms. The highest BCUT2D eigenvalue weighted by molar-refractivity contribution is 5.71. The molecule has 0 aromatic heterocycles. The average molecular weight is 869 g/mol. The summed E-state index contributed by atoms with van der Waals surface area (Å²) >= 11 is 0. The van der Waals surface area contributed by atoms with Gasteiger partial charge in [-0.15, -0.1) is 0 Å². The lowest BCUT2D eigenvalue weighted by atomic mass is 10.0. The number of ether oxygens (including phenoxy) is 3. The van der Waals surface area contributed by atoms with Gasteiger partial charge in [-0.25, -0.2) is 0 Å². The summed E-state index contributed by atoms with van der Waals surface area (Å²) in [6.07, 6.45) is 60.9. The van der Waals surface area contributed by atoms with E-state index in [4.69, 9.17) is 14.2 Å². The lowest BCUT2D eigenvalue weighted by Gasteiger charge is -2.18. The van der Waals surface area contributed by atoms with E-state index in [1.807, 2.05) is 0 Å². The normalized spacial score (nSPS) is 12.4. The zero-order chi connectivity index (χ0) is 45.1. The van der Waals surface area contributed by atoms with Gasteiger partial charge in [-0.3, -0.25) is 14.4 Å². The molecule has 0 amide bonds. The summed E-state index contributed by atoms with van der Waals surface area (Å²) in [6, 6.07) is 0. The Kier molecular flexibility index (Phi) is 48.8. The molecule has 0 aliphatic heterocycles. The van der Waals surface area contributed by atoms with Gasteiger partial charge in [-0.2, -0.15) is 0 Å². The van der Waals surface area contributed by atoms with Crippen molar-refractivity contribution in [2.75, 3.05) is 13.2 Å². The minimum Gasteiger partial charge on any atom is -0.462 e. The number of carbonyl (C=O) groups excluding carboxylic acids is 3. The largest absolute Gasteiger partial charge is 0.462 e. The van der Waals surface area contributed by atoms with Gasteiger partial charge in [0.05, 0.1) is 0 Å². The van der Waals surface area contributed by atoms with Crippen LogP contribution < -0.4 is 0 Å². The lowest BCUT2D eigenvalue weighted by Crippen LogP contribution is -2.30. The van der Waals surface area contributed by atoms with E-state index in [0.29, 0.717) is 19.3 Å². The fourth-order valence-electron chi connectivity index (χ4n) is 7.56. The molecule has 360 valence electrons. The number of hydrogen-bond acceptors (Lipinski definition) is 6. The zero-order valence-corrected chi connectivity index (χ0v) is 41.1. The van der Waals surface area contributed by atoms with Gasteiger partial charge in [0.1, 0.15) is 13.2 Å². The number of unbranched alkanes of at least 4 members (excludes halogenated alkanes) is 31. The number of hydrogen-bond donors (Lipinski definition) is 0. The first-order chi connectivity index (χ1) is 30.5. The molecule has 0 N–H and O–H groups in total. The highest BCUT2D eigenvalue weighted by Gasteiger charge is 2.19. The molecular weight excluding hydrogens is 769 g/mol. The van der Waals surface area contributed by atoms with Crippen molar-refractivity contribution in [3.63, 3.8) is 0 Å². The Balaban J connectivity index is 4.40. The monoisotopic (exact) mass is 869 g/mol. The van der Waals surface area contributed by atoms with Crippen molar-refractivity contribution in [1.29, 1.82) is 0 Å². The summed E-state index contributed by atoms with van der Waals surface area (Å²) in [4.78, 5) is 38.0. The third kappa shape index (κ3) is 48.4. The molecule has 0 aliphatic carbocycles. The van der Waals surface area contributed by atoms with Crippen LogP contribution in [0.3, 0.4) is 0 Å². The van der Waals surface area contributed by atoms with Gasteiger partial charge in [-0.05, 0) is 70.6 Å². The second kappa shape index (κ2) is 51.0. The van der Waals surface area contributed by atoms with Crippen LogP contribution in [0.25, 0.3) is 0 Å². The summed E-state index contributed by atoms with van der Waals surface area (Å²) in [7, 11) is 0. The Morgan fingerprint density at radius 3 is 0.952 bits per heavy atom. The molecule has 0 rings (SSSR count). The smallest absolute Gasteiger partial charge is 0.306 e. The highest BCUT2D eigenvalue weighted by atomic mass is 16.6. The quantitative estimate of drug-likeness (QED) is 0.0199. The standard InChI is InChI=1S/C56H100O6/c1-4-7-10-13-16-19-22-25-26-27-28-29-32-34-37-40-43-46-49-55(58)61-52-53(62-56(59)50-47-44-41-38-35-31-24-21-18-15-12-9-6-3)51-60-54(57)48-45-42-39-36-33-30-23-20-17-14-11-8-5-2/h22,25-29,31,35,53H,4-21,23-24,30,32-34,36-52H2,1-3H3/b25-22-,27-26-,29-28-,35-31-. The summed E-state index contributed by atoms with van der Waals surface area (Å²) in [5.74, 6) is -0.912. The molecular formula is C56H100O6. The molecule has 6 nitrogen and oxygen atoms in total. The Morgan fingerprint density at radius 1 is 0.323 bits per heavy atom. The van der Waals surface area contributed by atoms with Crippen LogP contribution in [0.5, 0.6) is 0 Å². The fourth-order valence-corrected chi connectivity index (χ4v) is 7.56. The molecule has 62 heavy (non-hydrogen) atoms. The Labute approximate surface area is 384 Å². The second-order valence-corrected chi connectivity index (χ2v) is 17.8. The number of esters is 3. The van der Waals surface area contributed by atoms with E-state index in [1.54, 1.807) is 0 Å². The van der Waals surface area contributed by atoms with Crippen molar-refractivity contribution in [3.05, 3.63) is 48.6 Å². The maximum absolute atomic E-state index is 12.8. The van der Waals surface area contributed by atoms with E-state index < -0.39 is 6.10 Å². The third-order valence-electron chi connectivity index (χ3n) is 11.6. The Morgan fingerprint density at radius 2 is 0.597 bits per heavy atom. The van der Waals surface area contributed by atoms with E-state index >= 15 is 0 Å². The van der Waals surface area contributed by atoms with Crippen molar-refractivity contribution >= 4 is 17.9 Å². The molecule has 1 unspecified atom stereocenters. The second-order valence-electron chi connectivity index (χ2n) is 17.8. The summed E-state index contributed by atoms with van der Waals surface area (Å²) in [6.45, 7) is 6.60. The van der Waals surface area contributed by atoms with Crippen LogP contribution >= 0.6 is 0 Å². The predicted molar refractivity (Wildman–Crippen MR) is 265 cm³/mol. The molecule has 0 fully saturated rings. The van der Waals surface area contributed by atoms with Crippen LogP contribution in [0.1, 0.15) is 271 Å². The number of rotatable bonds is 48. The zero-order valence-electron chi connectivity index (χ0n) is 41.1. The SMILES string of the molecule is CCCCCCC\C=C/C=C\C=C/CCCCCCCC(=O)OCC(COC(=O)CCCCCCCCCCCCCCC)OC(=O)CCCCC/C=C\CCCCCCCC. The van der Waals surface area contributed by atoms with Gasteiger partial charge in [0.15, 0.2) is 6.10 Å². The first-order valence-corrected chi connectivity index (χ1v) is 26.7. The van der Waals surface area contributed by atoms with Crippen molar-refractivity contribution in [3.8, 4) is 0 Å². The minimum atomic E-state index is -0.786. The Bertz CT molecular complexity index is 1090. The van der Waals surface area contributed by atoms with Gasteiger partial charge < -0.3 is 14.2 Å². The van der Waals surface area contributed by atoms with Crippen LogP contribution in [0.2, 0.25) is 0 Å². The highest BCUT2D eigenvalue weighted by Crippen LogP contribution is 2.15. The molecule has 0 saturated heterocycles. The molecule has 0 aliphatic rings. The van der Waals surface area contributed by atoms with Crippen molar-refractivity contribution in [1.82, 2.24) is 0 Å². The van der Waals surface area contributed by atoms with Crippen molar-refractivity contribution < 1.29 is 28.6 Å².